The van der Waals surface area contributed by atoms with Gasteiger partial charge in [0.25, 0.3) is 0 Å². The van der Waals surface area contributed by atoms with Gasteiger partial charge in [-0.2, -0.15) is 0 Å². The van der Waals surface area contributed by atoms with E-state index in [9.17, 15) is 9.59 Å². The second-order valence-electron chi connectivity index (χ2n) is 4.72. The predicted molar refractivity (Wildman–Crippen MR) is 82.1 cm³/mol. The van der Waals surface area contributed by atoms with Gasteiger partial charge >= 0.3 is 12.0 Å². The molecule has 0 saturated carbocycles. The van der Waals surface area contributed by atoms with Crippen LogP contribution in [0.5, 0.6) is 0 Å². The zero-order valence-corrected chi connectivity index (χ0v) is 13.4. The summed E-state index contributed by atoms with van der Waals surface area (Å²) in [6, 6.07) is 2.45. The maximum absolute atomic E-state index is 11.9. The van der Waals surface area contributed by atoms with Crippen LogP contribution >= 0.6 is 15.9 Å². The van der Waals surface area contributed by atoms with E-state index in [1.807, 2.05) is 32.9 Å². The fraction of sp³-hybridized carbons (Fsp3) is 0.429. The normalized spacial score (nSPS) is 11.8. The molecule has 6 heteroatoms. The van der Waals surface area contributed by atoms with E-state index in [-0.39, 0.29) is 0 Å². The number of carboxylic acids is 1. The second kappa shape index (κ2) is 7.28. The molecule has 0 bridgehead atoms. The van der Waals surface area contributed by atoms with Crippen LogP contribution in [0.1, 0.15) is 30.9 Å². The van der Waals surface area contributed by atoms with Gasteiger partial charge < -0.3 is 15.7 Å². The van der Waals surface area contributed by atoms with Gasteiger partial charge in [-0.3, -0.25) is 0 Å². The highest BCUT2D eigenvalue weighted by Gasteiger charge is 2.19. The number of hydrogen-bond acceptors (Lipinski definition) is 2. The lowest BCUT2D eigenvalue weighted by molar-refractivity contribution is -0.139. The molecule has 1 atom stereocenters. The van der Waals surface area contributed by atoms with Crippen molar-refractivity contribution >= 4 is 33.6 Å². The van der Waals surface area contributed by atoms with Crippen molar-refractivity contribution in [1.29, 1.82) is 0 Å². The quantitative estimate of drug-likeness (QED) is 0.766. The van der Waals surface area contributed by atoms with E-state index in [1.165, 1.54) is 0 Å². The van der Waals surface area contributed by atoms with Crippen LogP contribution in [0, 0.1) is 13.8 Å². The summed E-state index contributed by atoms with van der Waals surface area (Å²) in [5, 5.41) is 14.2. The number of hydrogen-bond donors (Lipinski definition) is 3. The molecule has 1 rings (SSSR count). The topological polar surface area (TPSA) is 78.4 Å². The minimum atomic E-state index is -1.03. The van der Waals surface area contributed by atoms with Crippen molar-refractivity contribution in [2.75, 3.05) is 5.32 Å². The molecule has 3 N–H and O–H groups in total. The molecular weight excluding hydrogens is 324 g/mol. The number of aliphatic carboxylic acids is 1. The first kappa shape index (κ1) is 16.5. The van der Waals surface area contributed by atoms with Gasteiger partial charge in [0.1, 0.15) is 6.04 Å². The average molecular weight is 343 g/mol. The number of rotatable bonds is 5. The third kappa shape index (κ3) is 4.52. The molecule has 110 valence electrons. The number of anilines is 1. The lowest BCUT2D eigenvalue weighted by Gasteiger charge is -2.16. The molecule has 5 nitrogen and oxygen atoms in total. The van der Waals surface area contributed by atoms with Crippen LogP contribution < -0.4 is 10.6 Å². The largest absolute Gasteiger partial charge is 0.480 e. The van der Waals surface area contributed by atoms with Gasteiger partial charge in [0.05, 0.1) is 5.69 Å². The van der Waals surface area contributed by atoms with Gasteiger partial charge in [-0.05, 0) is 53.4 Å². The van der Waals surface area contributed by atoms with Crippen LogP contribution in [0.15, 0.2) is 16.6 Å². The van der Waals surface area contributed by atoms with Crippen molar-refractivity contribution in [2.45, 2.75) is 39.7 Å². The number of urea groups is 1. The zero-order chi connectivity index (χ0) is 15.3. The van der Waals surface area contributed by atoms with Gasteiger partial charge in [-0.15, -0.1) is 0 Å². The molecule has 0 aliphatic rings. The highest BCUT2D eigenvalue weighted by molar-refractivity contribution is 9.10. The predicted octanol–water partition coefficient (Wildman–Crippen LogP) is 3.44. The summed E-state index contributed by atoms with van der Waals surface area (Å²) in [6.07, 6.45) is 1.08. The Morgan fingerprint density at radius 3 is 2.50 bits per heavy atom. The second-order valence-corrected chi connectivity index (χ2v) is 5.57. The molecule has 0 spiro atoms. The smallest absolute Gasteiger partial charge is 0.326 e. The number of halogens is 1. The minimum Gasteiger partial charge on any atom is -0.480 e. The van der Waals surface area contributed by atoms with E-state index in [2.05, 4.69) is 26.6 Å². The Balaban J connectivity index is 2.78. The number of amides is 2. The summed E-state index contributed by atoms with van der Waals surface area (Å²) >= 11 is 3.39. The van der Waals surface area contributed by atoms with Gasteiger partial charge in [-0.1, -0.05) is 19.4 Å². The number of carbonyl (C=O) groups is 2. The molecule has 0 aromatic heterocycles. The Morgan fingerprint density at radius 1 is 1.35 bits per heavy atom. The maximum atomic E-state index is 11.9. The molecule has 1 aromatic carbocycles. The Labute approximate surface area is 126 Å². The first-order valence-electron chi connectivity index (χ1n) is 6.42. The Hall–Kier alpha value is -1.56. The van der Waals surface area contributed by atoms with E-state index in [0.717, 1.165) is 15.6 Å². The van der Waals surface area contributed by atoms with Gasteiger partial charge in [0.2, 0.25) is 0 Å². The highest BCUT2D eigenvalue weighted by atomic mass is 79.9. The number of aryl methyl sites for hydroxylation is 2. The van der Waals surface area contributed by atoms with Crippen LogP contribution in [-0.4, -0.2) is 23.1 Å². The van der Waals surface area contributed by atoms with E-state index < -0.39 is 18.0 Å². The van der Waals surface area contributed by atoms with Crippen LogP contribution in [0.3, 0.4) is 0 Å². The SMILES string of the molecule is CCCC(NC(=O)Nc1c(C)cc(C)cc1Br)C(=O)O. The van der Waals surface area contributed by atoms with Crippen molar-refractivity contribution in [3.63, 3.8) is 0 Å². The van der Waals surface area contributed by atoms with Gasteiger partial charge in [0.15, 0.2) is 0 Å². The summed E-state index contributed by atoms with van der Waals surface area (Å²) in [4.78, 5) is 22.9. The fourth-order valence-corrected chi connectivity index (χ4v) is 2.70. The molecule has 0 saturated heterocycles. The van der Waals surface area contributed by atoms with E-state index in [4.69, 9.17) is 5.11 Å². The average Bonchev–Trinajstić information content (AvgIpc) is 2.33. The summed E-state index contributed by atoms with van der Waals surface area (Å²) in [6.45, 7) is 5.72. The molecule has 0 aliphatic carbocycles. The Morgan fingerprint density at radius 2 is 2.00 bits per heavy atom. The van der Waals surface area contributed by atoms with Gasteiger partial charge in [0, 0.05) is 4.47 Å². The van der Waals surface area contributed by atoms with Crippen molar-refractivity contribution < 1.29 is 14.7 Å². The molecule has 0 aliphatic heterocycles. The van der Waals surface area contributed by atoms with Crippen LogP contribution in [0.4, 0.5) is 10.5 Å². The lowest BCUT2D eigenvalue weighted by Crippen LogP contribution is -2.43. The highest BCUT2D eigenvalue weighted by Crippen LogP contribution is 2.27. The number of carbonyl (C=O) groups excluding carboxylic acids is 1. The molecule has 0 radical (unpaired) electrons. The lowest BCUT2D eigenvalue weighted by atomic mass is 10.1. The molecule has 2 amide bonds. The monoisotopic (exact) mass is 342 g/mol. The Bertz CT molecular complexity index is 494. The maximum Gasteiger partial charge on any atom is 0.326 e. The van der Waals surface area contributed by atoms with E-state index >= 15 is 0 Å². The van der Waals surface area contributed by atoms with Crippen LogP contribution in [-0.2, 0) is 4.79 Å². The first-order chi connectivity index (χ1) is 9.35. The summed E-state index contributed by atoms with van der Waals surface area (Å²) in [5.41, 5.74) is 2.64. The number of benzene rings is 1. The standard InChI is InChI=1S/C14H19BrN2O3/c1-4-5-11(13(18)19)16-14(20)17-12-9(3)6-8(2)7-10(12)15/h6-7,11H,4-5H2,1-3H3,(H,18,19)(H2,16,17,20). The fourth-order valence-electron chi connectivity index (χ4n) is 1.93. The van der Waals surface area contributed by atoms with Crippen molar-refractivity contribution in [2.24, 2.45) is 0 Å². The van der Waals surface area contributed by atoms with Crippen LogP contribution in [0.25, 0.3) is 0 Å². The molecular formula is C14H19BrN2O3. The number of carboxylic acid groups (broad SMARTS) is 1. The zero-order valence-electron chi connectivity index (χ0n) is 11.8. The summed E-state index contributed by atoms with van der Waals surface area (Å²) < 4.78 is 0.771. The molecule has 0 heterocycles. The number of nitrogens with one attached hydrogen (secondary N) is 2. The molecule has 1 aromatic rings. The van der Waals surface area contributed by atoms with E-state index in [1.54, 1.807) is 0 Å². The van der Waals surface area contributed by atoms with Crippen molar-refractivity contribution in [1.82, 2.24) is 5.32 Å². The van der Waals surface area contributed by atoms with Crippen molar-refractivity contribution in [3.05, 3.63) is 27.7 Å². The van der Waals surface area contributed by atoms with Crippen LogP contribution in [0.2, 0.25) is 0 Å². The van der Waals surface area contributed by atoms with Gasteiger partial charge in [-0.25, -0.2) is 9.59 Å². The third-order valence-corrected chi connectivity index (χ3v) is 3.48. The Kier molecular flexibility index (Phi) is 6.01. The molecule has 1 unspecified atom stereocenters. The molecule has 0 fully saturated rings. The first-order valence-corrected chi connectivity index (χ1v) is 7.21. The van der Waals surface area contributed by atoms with E-state index in [0.29, 0.717) is 18.5 Å². The van der Waals surface area contributed by atoms with Crippen molar-refractivity contribution in [3.8, 4) is 0 Å². The summed E-state index contributed by atoms with van der Waals surface area (Å²) in [5.74, 6) is -1.03. The third-order valence-electron chi connectivity index (χ3n) is 2.85. The molecule has 20 heavy (non-hydrogen) atoms. The minimum absolute atomic E-state index is 0.400. The summed E-state index contributed by atoms with van der Waals surface area (Å²) in [7, 11) is 0.